The van der Waals surface area contributed by atoms with E-state index in [9.17, 15) is 4.79 Å². The van der Waals surface area contributed by atoms with Crippen LogP contribution in [0.25, 0.3) is 0 Å². The number of nitrogens with one attached hydrogen (secondary N) is 1. The highest BCUT2D eigenvalue weighted by molar-refractivity contribution is 5.73. The highest BCUT2D eigenvalue weighted by atomic mass is 16.4. The Morgan fingerprint density at radius 1 is 1.53 bits per heavy atom. The van der Waals surface area contributed by atoms with Crippen molar-refractivity contribution in [3.05, 3.63) is 35.4 Å². The highest BCUT2D eigenvalue weighted by Gasteiger charge is 2.13. The number of likely N-dealkylation sites (N-methyl/N-ethyl adjacent to an activating group) is 1. The molecule has 0 amide bonds. The van der Waals surface area contributed by atoms with Crippen molar-refractivity contribution in [2.24, 2.45) is 0 Å². The second-order valence-electron chi connectivity index (χ2n) is 3.71. The smallest absolute Gasteiger partial charge is 0.320 e. The summed E-state index contributed by atoms with van der Waals surface area (Å²) in [7, 11) is 1.68. The molecule has 0 aliphatic carbocycles. The Morgan fingerprint density at radius 3 is 2.80 bits per heavy atom. The molecular formula is C12H17NO2. The van der Waals surface area contributed by atoms with Crippen molar-refractivity contribution < 1.29 is 9.90 Å². The molecular weight excluding hydrogens is 190 g/mol. The number of carbonyl (C=O) groups is 1. The maximum absolute atomic E-state index is 10.8. The molecule has 3 heteroatoms. The van der Waals surface area contributed by atoms with Gasteiger partial charge in [0, 0.05) is 0 Å². The maximum atomic E-state index is 10.8. The van der Waals surface area contributed by atoms with Gasteiger partial charge < -0.3 is 10.4 Å². The number of benzene rings is 1. The Bertz CT molecular complexity index is 336. The number of rotatable bonds is 5. The van der Waals surface area contributed by atoms with Crippen LogP contribution in [0.5, 0.6) is 0 Å². The third kappa shape index (κ3) is 3.72. The first-order valence-electron chi connectivity index (χ1n) is 5.09. The molecule has 0 radical (unpaired) electrons. The molecule has 15 heavy (non-hydrogen) atoms. The first kappa shape index (κ1) is 11.7. The number of carboxylic acid groups (broad SMARTS) is 1. The predicted octanol–water partition coefficient (Wildman–Crippen LogP) is 1.60. The fourth-order valence-corrected chi connectivity index (χ4v) is 1.57. The molecule has 82 valence electrons. The molecule has 0 aliphatic rings. The molecule has 3 nitrogen and oxygen atoms in total. The largest absolute Gasteiger partial charge is 0.480 e. The summed E-state index contributed by atoms with van der Waals surface area (Å²) >= 11 is 0. The fraction of sp³-hybridized carbons (Fsp3) is 0.417. The lowest BCUT2D eigenvalue weighted by atomic mass is 10.0. The van der Waals surface area contributed by atoms with E-state index in [0.29, 0.717) is 6.42 Å². The summed E-state index contributed by atoms with van der Waals surface area (Å²) in [6.45, 7) is 2.04. The first-order valence-corrected chi connectivity index (χ1v) is 5.09. The Morgan fingerprint density at radius 2 is 2.27 bits per heavy atom. The van der Waals surface area contributed by atoms with E-state index >= 15 is 0 Å². The van der Waals surface area contributed by atoms with Crippen LogP contribution in [0, 0.1) is 6.92 Å². The van der Waals surface area contributed by atoms with Gasteiger partial charge in [-0.2, -0.15) is 0 Å². The zero-order valence-corrected chi connectivity index (χ0v) is 9.16. The topological polar surface area (TPSA) is 49.3 Å². The number of aryl methyl sites for hydroxylation is 2. The number of carboxylic acids is 1. The van der Waals surface area contributed by atoms with Gasteiger partial charge in [0.1, 0.15) is 6.04 Å². The van der Waals surface area contributed by atoms with Gasteiger partial charge in [-0.05, 0) is 32.4 Å². The fourth-order valence-electron chi connectivity index (χ4n) is 1.57. The maximum Gasteiger partial charge on any atom is 0.320 e. The second kappa shape index (κ2) is 5.51. The van der Waals surface area contributed by atoms with Crippen molar-refractivity contribution in [3.8, 4) is 0 Å². The number of hydrogen-bond acceptors (Lipinski definition) is 2. The molecule has 0 aliphatic heterocycles. The molecule has 1 aromatic carbocycles. The van der Waals surface area contributed by atoms with Crippen LogP contribution in [0.15, 0.2) is 24.3 Å². The Kier molecular flexibility index (Phi) is 4.31. The van der Waals surface area contributed by atoms with Crippen LogP contribution in [0.4, 0.5) is 0 Å². The van der Waals surface area contributed by atoms with Crippen LogP contribution in [-0.4, -0.2) is 24.2 Å². The van der Waals surface area contributed by atoms with Gasteiger partial charge in [-0.1, -0.05) is 29.8 Å². The lowest BCUT2D eigenvalue weighted by Crippen LogP contribution is -2.34. The zero-order valence-electron chi connectivity index (χ0n) is 9.16. The summed E-state index contributed by atoms with van der Waals surface area (Å²) in [5, 5.41) is 11.6. The van der Waals surface area contributed by atoms with Crippen molar-refractivity contribution in [1.29, 1.82) is 0 Å². The zero-order chi connectivity index (χ0) is 11.3. The van der Waals surface area contributed by atoms with E-state index in [1.54, 1.807) is 7.05 Å². The van der Waals surface area contributed by atoms with Crippen LogP contribution < -0.4 is 5.32 Å². The minimum atomic E-state index is -0.787. The molecule has 0 saturated carbocycles. The van der Waals surface area contributed by atoms with Gasteiger partial charge in [0.25, 0.3) is 0 Å². The molecule has 2 N–H and O–H groups in total. The monoisotopic (exact) mass is 207 g/mol. The molecule has 0 fully saturated rings. The summed E-state index contributed by atoms with van der Waals surface area (Å²) in [6, 6.07) is 7.71. The minimum Gasteiger partial charge on any atom is -0.480 e. The van der Waals surface area contributed by atoms with Crippen molar-refractivity contribution in [2.45, 2.75) is 25.8 Å². The molecule has 1 atom stereocenters. The highest BCUT2D eigenvalue weighted by Crippen LogP contribution is 2.08. The molecule has 0 heterocycles. The number of aliphatic carboxylic acids is 1. The Balaban J connectivity index is 2.52. The van der Waals surface area contributed by atoms with E-state index in [-0.39, 0.29) is 0 Å². The second-order valence-corrected chi connectivity index (χ2v) is 3.71. The quantitative estimate of drug-likeness (QED) is 0.771. The van der Waals surface area contributed by atoms with Gasteiger partial charge >= 0.3 is 5.97 Å². The lowest BCUT2D eigenvalue weighted by Gasteiger charge is -2.10. The van der Waals surface area contributed by atoms with E-state index in [0.717, 1.165) is 6.42 Å². The normalized spacial score (nSPS) is 12.4. The summed E-state index contributed by atoms with van der Waals surface area (Å²) in [5.41, 5.74) is 2.40. The van der Waals surface area contributed by atoms with Crippen LogP contribution in [-0.2, 0) is 11.2 Å². The molecule has 0 bridgehead atoms. The SMILES string of the molecule is CNC(CCc1cccc(C)c1)C(=O)O. The van der Waals surface area contributed by atoms with Crippen LogP contribution in [0.1, 0.15) is 17.5 Å². The Labute approximate surface area is 90.1 Å². The lowest BCUT2D eigenvalue weighted by molar-refractivity contribution is -0.139. The van der Waals surface area contributed by atoms with Crippen LogP contribution >= 0.6 is 0 Å². The average molecular weight is 207 g/mol. The standard InChI is InChI=1S/C12H17NO2/c1-9-4-3-5-10(8-9)6-7-11(13-2)12(14)15/h3-5,8,11,13H,6-7H2,1-2H3,(H,14,15). The molecule has 0 saturated heterocycles. The van der Waals surface area contributed by atoms with E-state index in [4.69, 9.17) is 5.11 Å². The van der Waals surface area contributed by atoms with Gasteiger partial charge in [-0.15, -0.1) is 0 Å². The van der Waals surface area contributed by atoms with Gasteiger partial charge in [-0.25, -0.2) is 0 Å². The van der Waals surface area contributed by atoms with Gasteiger partial charge in [0.2, 0.25) is 0 Å². The van der Waals surface area contributed by atoms with Gasteiger partial charge in [0.05, 0.1) is 0 Å². The number of hydrogen-bond donors (Lipinski definition) is 2. The molecule has 1 rings (SSSR count). The first-order chi connectivity index (χ1) is 7.13. The van der Waals surface area contributed by atoms with E-state index < -0.39 is 12.0 Å². The summed E-state index contributed by atoms with van der Waals surface area (Å²) in [6.07, 6.45) is 1.41. The van der Waals surface area contributed by atoms with Crippen molar-refractivity contribution in [2.75, 3.05) is 7.05 Å². The predicted molar refractivity (Wildman–Crippen MR) is 60.0 cm³/mol. The molecule has 0 spiro atoms. The van der Waals surface area contributed by atoms with Crippen molar-refractivity contribution >= 4 is 5.97 Å². The van der Waals surface area contributed by atoms with Crippen molar-refractivity contribution in [1.82, 2.24) is 5.32 Å². The van der Waals surface area contributed by atoms with Gasteiger partial charge in [0.15, 0.2) is 0 Å². The third-order valence-electron chi connectivity index (χ3n) is 2.45. The molecule has 1 aromatic rings. The van der Waals surface area contributed by atoms with E-state index in [1.807, 2.05) is 25.1 Å². The summed E-state index contributed by atoms with van der Waals surface area (Å²) < 4.78 is 0. The van der Waals surface area contributed by atoms with E-state index in [1.165, 1.54) is 11.1 Å². The van der Waals surface area contributed by atoms with E-state index in [2.05, 4.69) is 11.4 Å². The Hall–Kier alpha value is -1.35. The molecule has 0 aromatic heterocycles. The van der Waals surface area contributed by atoms with Crippen LogP contribution in [0.3, 0.4) is 0 Å². The average Bonchev–Trinajstić information content (AvgIpc) is 2.18. The summed E-state index contributed by atoms with van der Waals surface area (Å²) in [5.74, 6) is -0.787. The molecule has 1 unspecified atom stereocenters. The summed E-state index contributed by atoms with van der Waals surface area (Å²) in [4.78, 5) is 10.8. The van der Waals surface area contributed by atoms with Crippen molar-refractivity contribution in [3.63, 3.8) is 0 Å². The third-order valence-corrected chi connectivity index (χ3v) is 2.45. The van der Waals surface area contributed by atoms with Crippen LogP contribution in [0.2, 0.25) is 0 Å². The van der Waals surface area contributed by atoms with Gasteiger partial charge in [-0.3, -0.25) is 4.79 Å². The minimum absolute atomic E-state index is 0.453.